The molecule has 0 spiro atoms. The van der Waals surface area contributed by atoms with Crippen LogP contribution in [0.4, 0.5) is 4.79 Å². The van der Waals surface area contributed by atoms with Crippen molar-refractivity contribution in [1.29, 1.82) is 0 Å². The second kappa shape index (κ2) is 11.7. The molecule has 4 rings (SSSR count). The molecule has 0 unspecified atom stereocenters. The fourth-order valence-corrected chi connectivity index (χ4v) is 5.84. The van der Waals surface area contributed by atoms with Gasteiger partial charge in [-0.05, 0) is 30.7 Å². The lowest BCUT2D eigenvalue weighted by Gasteiger charge is -2.34. The summed E-state index contributed by atoms with van der Waals surface area (Å²) in [5.74, 6) is 1.27. The minimum absolute atomic E-state index is 0.0674. The standard InChI is InChI=1S/C27H39N5O3S/c1-5-35-26(34)31-17-15-30(16-18-31)23(33)19-36-25-29-28-24(32(25)22-9-7-6-8-10-22)20-11-13-21(14-12-20)27(2,3)4/h11-14,22H,5-10,15-19H2,1-4H3. The van der Waals surface area contributed by atoms with Gasteiger partial charge in [0.1, 0.15) is 0 Å². The molecule has 0 bridgehead atoms. The Morgan fingerprint density at radius 1 is 0.972 bits per heavy atom. The predicted octanol–water partition coefficient (Wildman–Crippen LogP) is 5.14. The van der Waals surface area contributed by atoms with E-state index in [1.54, 1.807) is 11.8 Å². The third kappa shape index (κ3) is 6.22. The van der Waals surface area contributed by atoms with Gasteiger partial charge in [-0.1, -0.05) is 76.1 Å². The smallest absolute Gasteiger partial charge is 0.409 e. The van der Waals surface area contributed by atoms with Gasteiger partial charge < -0.3 is 14.5 Å². The predicted molar refractivity (Wildman–Crippen MR) is 142 cm³/mol. The number of amides is 2. The van der Waals surface area contributed by atoms with E-state index in [9.17, 15) is 9.59 Å². The molecule has 1 aromatic carbocycles. The molecular weight excluding hydrogens is 474 g/mol. The van der Waals surface area contributed by atoms with Gasteiger partial charge in [-0.2, -0.15) is 0 Å². The van der Waals surface area contributed by atoms with Crippen LogP contribution in [-0.4, -0.2) is 75.1 Å². The average Bonchev–Trinajstić information content (AvgIpc) is 3.31. The molecule has 8 nitrogen and oxygen atoms in total. The number of rotatable bonds is 6. The van der Waals surface area contributed by atoms with Crippen LogP contribution in [0.15, 0.2) is 29.4 Å². The van der Waals surface area contributed by atoms with Crippen molar-refractivity contribution in [2.24, 2.45) is 0 Å². The summed E-state index contributed by atoms with van der Waals surface area (Å²) >= 11 is 1.47. The molecule has 1 aliphatic heterocycles. The highest BCUT2D eigenvalue weighted by Crippen LogP contribution is 2.36. The Morgan fingerprint density at radius 2 is 1.61 bits per heavy atom. The number of benzene rings is 1. The molecule has 2 aliphatic rings. The molecule has 0 atom stereocenters. The first-order valence-electron chi connectivity index (χ1n) is 13.2. The van der Waals surface area contributed by atoms with E-state index in [0.717, 1.165) is 29.4 Å². The van der Waals surface area contributed by atoms with E-state index in [0.29, 0.717) is 44.6 Å². The fourth-order valence-electron chi connectivity index (χ4n) is 4.93. The number of hydrogen-bond acceptors (Lipinski definition) is 6. The molecule has 9 heteroatoms. The molecule has 0 N–H and O–H groups in total. The summed E-state index contributed by atoms with van der Waals surface area (Å²) < 4.78 is 7.36. The Labute approximate surface area is 218 Å². The monoisotopic (exact) mass is 513 g/mol. The number of hydrogen-bond donors (Lipinski definition) is 0. The van der Waals surface area contributed by atoms with Crippen molar-refractivity contribution in [3.05, 3.63) is 29.8 Å². The van der Waals surface area contributed by atoms with E-state index in [-0.39, 0.29) is 17.4 Å². The van der Waals surface area contributed by atoms with Crippen LogP contribution < -0.4 is 0 Å². The van der Waals surface area contributed by atoms with Crippen LogP contribution in [0.5, 0.6) is 0 Å². The average molecular weight is 514 g/mol. The quantitative estimate of drug-likeness (QED) is 0.498. The lowest BCUT2D eigenvalue weighted by molar-refractivity contribution is -0.129. The zero-order valence-corrected chi connectivity index (χ0v) is 22.9. The highest BCUT2D eigenvalue weighted by atomic mass is 32.2. The first-order chi connectivity index (χ1) is 17.3. The van der Waals surface area contributed by atoms with E-state index in [2.05, 4.69) is 59.8 Å². The van der Waals surface area contributed by atoms with E-state index in [1.807, 2.05) is 4.90 Å². The van der Waals surface area contributed by atoms with Crippen molar-refractivity contribution in [1.82, 2.24) is 24.6 Å². The number of aromatic nitrogens is 3. The topological polar surface area (TPSA) is 80.6 Å². The molecule has 2 amide bonds. The van der Waals surface area contributed by atoms with Crippen LogP contribution in [0.25, 0.3) is 11.4 Å². The number of nitrogens with zero attached hydrogens (tertiary/aromatic N) is 5. The van der Waals surface area contributed by atoms with Crippen LogP contribution in [0, 0.1) is 0 Å². The van der Waals surface area contributed by atoms with E-state index < -0.39 is 0 Å². The molecular formula is C27H39N5O3S. The van der Waals surface area contributed by atoms with E-state index in [4.69, 9.17) is 4.74 Å². The first-order valence-corrected chi connectivity index (χ1v) is 14.1. The van der Waals surface area contributed by atoms with Crippen molar-refractivity contribution in [2.45, 2.75) is 76.4 Å². The number of carbonyl (C=O) groups excluding carboxylic acids is 2. The van der Waals surface area contributed by atoms with Crippen LogP contribution in [0.2, 0.25) is 0 Å². The molecule has 1 aliphatic carbocycles. The fraction of sp³-hybridized carbons (Fsp3) is 0.630. The molecule has 2 heterocycles. The summed E-state index contributed by atoms with van der Waals surface area (Å²) in [5.41, 5.74) is 2.45. The number of ether oxygens (including phenoxy) is 1. The minimum Gasteiger partial charge on any atom is -0.450 e. The van der Waals surface area contributed by atoms with Gasteiger partial charge in [0.15, 0.2) is 11.0 Å². The summed E-state index contributed by atoms with van der Waals surface area (Å²) in [6.07, 6.45) is 5.61. The van der Waals surface area contributed by atoms with E-state index >= 15 is 0 Å². The largest absolute Gasteiger partial charge is 0.450 e. The second-order valence-electron chi connectivity index (χ2n) is 10.7. The zero-order valence-electron chi connectivity index (χ0n) is 22.0. The number of piperazine rings is 1. The van der Waals surface area contributed by atoms with Crippen molar-refractivity contribution >= 4 is 23.8 Å². The molecule has 1 aromatic heterocycles. The maximum absolute atomic E-state index is 13.0. The van der Waals surface area contributed by atoms with Crippen molar-refractivity contribution in [3.8, 4) is 11.4 Å². The second-order valence-corrected chi connectivity index (χ2v) is 11.6. The van der Waals surface area contributed by atoms with Crippen molar-refractivity contribution < 1.29 is 14.3 Å². The first kappa shape index (κ1) is 26.5. The third-order valence-electron chi connectivity index (χ3n) is 7.10. The molecule has 2 aromatic rings. The normalized spacial score (nSPS) is 17.3. The molecule has 196 valence electrons. The van der Waals surface area contributed by atoms with Gasteiger partial charge in [0.2, 0.25) is 5.91 Å². The molecule has 2 fully saturated rings. The SMILES string of the molecule is CCOC(=O)N1CCN(C(=O)CSc2nnc(-c3ccc(C(C)(C)C)cc3)n2C2CCCCC2)CC1. The number of carbonyl (C=O) groups is 2. The Kier molecular flexibility index (Phi) is 8.59. The Morgan fingerprint density at radius 3 is 2.22 bits per heavy atom. The summed E-state index contributed by atoms with van der Waals surface area (Å²) in [7, 11) is 0. The van der Waals surface area contributed by atoms with Crippen LogP contribution in [-0.2, 0) is 14.9 Å². The summed E-state index contributed by atoms with van der Waals surface area (Å²) in [5, 5.41) is 9.96. The molecule has 0 radical (unpaired) electrons. The van der Waals surface area contributed by atoms with Gasteiger partial charge in [0.25, 0.3) is 0 Å². The van der Waals surface area contributed by atoms with Crippen molar-refractivity contribution in [2.75, 3.05) is 38.5 Å². The maximum atomic E-state index is 13.0. The maximum Gasteiger partial charge on any atom is 0.409 e. The van der Waals surface area contributed by atoms with Crippen molar-refractivity contribution in [3.63, 3.8) is 0 Å². The van der Waals surface area contributed by atoms with Gasteiger partial charge in [0.05, 0.1) is 12.4 Å². The van der Waals surface area contributed by atoms with Gasteiger partial charge in [-0.3, -0.25) is 9.36 Å². The Bertz CT molecular complexity index is 1030. The highest BCUT2D eigenvalue weighted by molar-refractivity contribution is 7.99. The molecule has 1 saturated carbocycles. The van der Waals surface area contributed by atoms with Crippen LogP contribution >= 0.6 is 11.8 Å². The van der Waals surface area contributed by atoms with Gasteiger partial charge in [-0.25, -0.2) is 4.79 Å². The van der Waals surface area contributed by atoms with Crippen LogP contribution in [0.1, 0.15) is 71.4 Å². The van der Waals surface area contributed by atoms with Gasteiger partial charge in [-0.15, -0.1) is 10.2 Å². The van der Waals surface area contributed by atoms with Crippen LogP contribution in [0.3, 0.4) is 0 Å². The summed E-state index contributed by atoms with van der Waals surface area (Å²) in [4.78, 5) is 28.4. The van der Waals surface area contributed by atoms with Gasteiger partial charge >= 0.3 is 6.09 Å². The minimum atomic E-state index is -0.303. The highest BCUT2D eigenvalue weighted by Gasteiger charge is 2.27. The Hall–Kier alpha value is -2.55. The summed E-state index contributed by atoms with van der Waals surface area (Å²) in [6, 6.07) is 9.01. The molecule has 36 heavy (non-hydrogen) atoms. The van der Waals surface area contributed by atoms with E-state index in [1.165, 1.54) is 36.6 Å². The molecule has 1 saturated heterocycles. The van der Waals surface area contributed by atoms with Gasteiger partial charge in [0, 0.05) is 37.8 Å². The Balaban J connectivity index is 1.46. The lowest BCUT2D eigenvalue weighted by Crippen LogP contribution is -2.51. The number of thioether (sulfide) groups is 1. The summed E-state index contributed by atoms with van der Waals surface area (Å²) in [6.45, 7) is 10.9. The zero-order chi connectivity index (χ0) is 25.7. The third-order valence-corrected chi connectivity index (χ3v) is 8.02. The lowest BCUT2D eigenvalue weighted by atomic mass is 9.86.